The third-order valence-electron chi connectivity index (χ3n) is 4.88. The minimum Gasteiger partial charge on any atom is -0.493 e. The first-order chi connectivity index (χ1) is 14.4. The van der Waals surface area contributed by atoms with Crippen LogP contribution in [0.5, 0.6) is 17.2 Å². The molecule has 0 fully saturated rings. The van der Waals surface area contributed by atoms with Gasteiger partial charge in [-0.25, -0.2) is 4.79 Å². The van der Waals surface area contributed by atoms with Gasteiger partial charge in [0, 0.05) is 23.5 Å². The number of carbonyl (C=O) groups excluding carboxylic acids is 2. The van der Waals surface area contributed by atoms with Gasteiger partial charge in [0.05, 0.1) is 33.5 Å². The molecule has 162 valence electrons. The minimum absolute atomic E-state index is 0.267. The average molecular weight is 435 g/mol. The van der Waals surface area contributed by atoms with Crippen LogP contribution in [0.15, 0.2) is 12.1 Å². The molecule has 1 aromatic heterocycles. The lowest BCUT2D eigenvalue weighted by Crippen LogP contribution is -2.26. The second kappa shape index (κ2) is 9.36. The zero-order chi connectivity index (χ0) is 21.8. The smallest absolute Gasteiger partial charge is 0.341 e. The van der Waals surface area contributed by atoms with E-state index in [-0.39, 0.29) is 12.5 Å². The maximum Gasteiger partial charge on any atom is 0.341 e. The number of esters is 1. The van der Waals surface area contributed by atoms with Crippen LogP contribution in [0.1, 0.15) is 38.1 Å². The molecule has 8 nitrogen and oxygen atoms in total. The lowest BCUT2D eigenvalue weighted by molar-refractivity contribution is 0.0526. The summed E-state index contributed by atoms with van der Waals surface area (Å²) in [5.41, 5.74) is 1.73. The number of nitrogens with one attached hydrogen (secondary N) is 1. The molecule has 1 N–H and O–H groups in total. The Balaban J connectivity index is 1.98. The van der Waals surface area contributed by atoms with E-state index in [9.17, 15) is 9.59 Å². The Labute approximate surface area is 179 Å². The highest BCUT2D eigenvalue weighted by molar-refractivity contribution is 7.17. The topological polar surface area (TPSA) is 86.3 Å². The number of carbonyl (C=O) groups is 2. The Hall–Kier alpha value is -2.78. The van der Waals surface area contributed by atoms with Crippen molar-refractivity contribution in [3.05, 3.63) is 33.7 Å². The number of hydrogen-bond acceptors (Lipinski definition) is 8. The Morgan fingerprint density at radius 2 is 1.80 bits per heavy atom. The number of fused-ring (bicyclic) bond motifs is 1. The van der Waals surface area contributed by atoms with Crippen LogP contribution in [-0.2, 0) is 17.7 Å². The van der Waals surface area contributed by atoms with E-state index in [1.807, 2.05) is 7.05 Å². The molecule has 0 spiro atoms. The van der Waals surface area contributed by atoms with Crippen molar-refractivity contribution in [3.8, 4) is 17.2 Å². The molecular formula is C21H26N2O6S. The van der Waals surface area contributed by atoms with Crippen molar-refractivity contribution >= 4 is 28.2 Å². The quantitative estimate of drug-likeness (QED) is 0.670. The molecule has 0 saturated heterocycles. The molecule has 0 unspecified atom stereocenters. The lowest BCUT2D eigenvalue weighted by atomic mass is 10.0. The Morgan fingerprint density at radius 1 is 1.13 bits per heavy atom. The van der Waals surface area contributed by atoms with Crippen molar-refractivity contribution in [3.63, 3.8) is 0 Å². The summed E-state index contributed by atoms with van der Waals surface area (Å²) in [6.45, 7) is 3.60. The molecule has 0 atom stereocenters. The molecule has 0 bridgehead atoms. The van der Waals surface area contributed by atoms with Gasteiger partial charge in [-0.05, 0) is 38.1 Å². The predicted molar refractivity (Wildman–Crippen MR) is 114 cm³/mol. The van der Waals surface area contributed by atoms with Crippen LogP contribution in [0, 0.1) is 0 Å². The van der Waals surface area contributed by atoms with E-state index >= 15 is 0 Å². The van der Waals surface area contributed by atoms with E-state index in [4.69, 9.17) is 18.9 Å². The fourth-order valence-electron chi connectivity index (χ4n) is 3.43. The summed E-state index contributed by atoms with van der Waals surface area (Å²) in [5.74, 6) is 0.351. The van der Waals surface area contributed by atoms with Crippen molar-refractivity contribution in [2.45, 2.75) is 19.9 Å². The molecule has 0 radical (unpaired) electrons. The van der Waals surface area contributed by atoms with Crippen LogP contribution in [0.25, 0.3) is 0 Å². The van der Waals surface area contributed by atoms with Crippen LogP contribution < -0.4 is 19.5 Å². The van der Waals surface area contributed by atoms with Gasteiger partial charge in [-0.1, -0.05) is 0 Å². The van der Waals surface area contributed by atoms with Crippen LogP contribution in [-0.4, -0.2) is 58.3 Å². The Bertz CT molecular complexity index is 930. The number of nitrogens with zero attached hydrogens (tertiary/aromatic N) is 1. The normalized spacial score (nSPS) is 13.4. The van der Waals surface area contributed by atoms with E-state index in [0.717, 1.165) is 30.0 Å². The molecule has 0 aliphatic carbocycles. The van der Waals surface area contributed by atoms with Crippen LogP contribution in [0.3, 0.4) is 0 Å². The molecule has 1 aromatic carbocycles. The number of amides is 1. The van der Waals surface area contributed by atoms with Crippen molar-refractivity contribution in [1.29, 1.82) is 0 Å². The molecule has 3 rings (SSSR count). The molecule has 9 heteroatoms. The van der Waals surface area contributed by atoms with Gasteiger partial charge >= 0.3 is 5.97 Å². The molecule has 2 aromatic rings. The van der Waals surface area contributed by atoms with E-state index in [1.54, 1.807) is 19.1 Å². The second-order valence-corrected chi connectivity index (χ2v) is 7.89. The van der Waals surface area contributed by atoms with Crippen LogP contribution in [0.2, 0.25) is 0 Å². The summed E-state index contributed by atoms with van der Waals surface area (Å²) >= 11 is 1.41. The van der Waals surface area contributed by atoms with Gasteiger partial charge in [-0.3, -0.25) is 4.79 Å². The third-order valence-corrected chi connectivity index (χ3v) is 6.01. The maximum absolute atomic E-state index is 13.0. The first-order valence-electron chi connectivity index (χ1n) is 9.54. The molecule has 1 aliphatic heterocycles. The highest BCUT2D eigenvalue weighted by Gasteiger charge is 2.29. The van der Waals surface area contributed by atoms with Gasteiger partial charge in [-0.15, -0.1) is 11.3 Å². The van der Waals surface area contributed by atoms with Crippen molar-refractivity contribution < 1.29 is 28.5 Å². The van der Waals surface area contributed by atoms with Gasteiger partial charge in [0.2, 0.25) is 5.75 Å². The molecular weight excluding hydrogens is 408 g/mol. The number of anilines is 1. The van der Waals surface area contributed by atoms with Crippen LogP contribution >= 0.6 is 11.3 Å². The number of thiophene rings is 1. The van der Waals surface area contributed by atoms with Gasteiger partial charge in [-0.2, -0.15) is 0 Å². The summed E-state index contributed by atoms with van der Waals surface area (Å²) in [4.78, 5) is 28.9. The zero-order valence-corrected chi connectivity index (χ0v) is 18.6. The third kappa shape index (κ3) is 4.22. The van der Waals surface area contributed by atoms with Crippen molar-refractivity contribution in [1.82, 2.24) is 4.90 Å². The first-order valence-corrected chi connectivity index (χ1v) is 10.4. The number of hydrogen-bond donors (Lipinski definition) is 1. The number of benzene rings is 1. The number of likely N-dealkylation sites (N-methyl/N-ethyl adjacent to an activating group) is 1. The summed E-state index contributed by atoms with van der Waals surface area (Å²) in [6.07, 6.45) is 0.733. The Kier molecular flexibility index (Phi) is 6.84. The number of ether oxygens (including phenoxy) is 4. The predicted octanol–water partition coefficient (Wildman–Crippen LogP) is 3.19. The SMILES string of the molecule is CCOC(=O)c1c(NC(=O)c2cc(OC)c(OC)c(OC)c2)sc2c1CCN(C)C2. The molecule has 0 saturated carbocycles. The fourth-order valence-corrected chi connectivity index (χ4v) is 4.74. The Morgan fingerprint density at radius 3 is 2.37 bits per heavy atom. The van der Waals surface area contributed by atoms with Gasteiger partial charge < -0.3 is 29.2 Å². The summed E-state index contributed by atoms with van der Waals surface area (Å²) < 4.78 is 21.2. The van der Waals surface area contributed by atoms with Gasteiger partial charge in [0.1, 0.15) is 5.00 Å². The molecule has 1 aliphatic rings. The molecule has 2 heterocycles. The van der Waals surface area contributed by atoms with E-state index in [2.05, 4.69) is 10.2 Å². The van der Waals surface area contributed by atoms with E-state index in [1.165, 1.54) is 32.7 Å². The number of methoxy groups -OCH3 is 3. The average Bonchev–Trinajstić information content (AvgIpc) is 3.09. The van der Waals surface area contributed by atoms with Gasteiger partial charge in [0.25, 0.3) is 5.91 Å². The van der Waals surface area contributed by atoms with E-state index in [0.29, 0.717) is 33.4 Å². The van der Waals surface area contributed by atoms with Crippen molar-refractivity contribution in [2.24, 2.45) is 0 Å². The summed E-state index contributed by atoms with van der Waals surface area (Å²) in [5, 5.41) is 3.38. The second-order valence-electron chi connectivity index (χ2n) is 6.78. The minimum atomic E-state index is -0.417. The zero-order valence-electron chi connectivity index (χ0n) is 17.8. The van der Waals surface area contributed by atoms with Crippen molar-refractivity contribution in [2.75, 3.05) is 46.8 Å². The number of rotatable bonds is 7. The fraction of sp³-hybridized carbons (Fsp3) is 0.429. The first kappa shape index (κ1) is 21.9. The summed E-state index contributed by atoms with van der Waals surface area (Å²) in [7, 11) is 6.50. The van der Waals surface area contributed by atoms with E-state index < -0.39 is 5.97 Å². The highest BCUT2D eigenvalue weighted by atomic mass is 32.1. The monoisotopic (exact) mass is 434 g/mol. The highest BCUT2D eigenvalue weighted by Crippen LogP contribution is 2.40. The molecule has 1 amide bonds. The lowest BCUT2D eigenvalue weighted by Gasteiger charge is -2.22. The van der Waals surface area contributed by atoms with Crippen LogP contribution in [0.4, 0.5) is 5.00 Å². The largest absolute Gasteiger partial charge is 0.493 e. The standard InChI is InChI=1S/C21H26N2O6S/c1-6-29-21(25)17-13-7-8-23(2)11-16(13)30-20(17)22-19(24)12-9-14(26-3)18(28-5)15(10-12)27-4/h9-10H,6-8,11H2,1-5H3,(H,22,24). The maximum atomic E-state index is 13.0. The van der Waals surface area contributed by atoms with Gasteiger partial charge in [0.15, 0.2) is 11.5 Å². The molecule has 30 heavy (non-hydrogen) atoms. The summed E-state index contributed by atoms with van der Waals surface area (Å²) in [6, 6.07) is 3.14.